The number of nitrogens with two attached hydrogens (primary N) is 1. The van der Waals surface area contributed by atoms with Gasteiger partial charge in [0.05, 0.1) is 0 Å². The zero-order chi connectivity index (χ0) is 10.9. The first kappa shape index (κ1) is 11.1. The lowest BCUT2D eigenvalue weighted by Gasteiger charge is -2.21. The molecule has 1 heterocycles. The fourth-order valence-corrected chi connectivity index (χ4v) is 1.19. The van der Waals surface area contributed by atoms with Crippen molar-refractivity contribution in [3.05, 3.63) is 17.5 Å². The highest BCUT2D eigenvalue weighted by Crippen LogP contribution is 2.31. The molecular formula is C8H13F2N3O. The van der Waals surface area contributed by atoms with Crippen molar-refractivity contribution in [3.63, 3.8) is 0 Å². The second kappa shape index (κ2) is 3.62. The lowest BCUT2D eigenvalue weighted by Crippen LogP contribution is -2.26. The molecule has 0 saturated heterocycles. The van der Waals surface area contributed by atoms with E-state index in [1.165, 1.54) is 10.9 Å². The Morgan fingerprint density at radius 3 is 2.57 bits per heavy atom. The summed E-state index contributed by atoms with van der Waals surface area (Å²) < 4.78 is 26.4. The zero-order valence-corrected chi connectivity index (χ0v) is 8.29. The van der Waals surface area contributed by atoms with Gasteiger partial charge in [-0.2, -0.15) is 5.10 Å². The number of alkyl halides is 2. The summed E-state index contributed by atoms with van der Waals surface area (Å²) >= 11 is 0. The summed E-state index contributed by atoms with van der Waals surface area (Å²) in [6.07, 6.45) is -1.14. The average Bonchev–Trinajstić information content (AvgIpc) is 2.48. The Morgan fingerprint density at radius 2 is 2.14 bits per heavy atom. The normalized spacial score (nSPS) is 12.5. The van der Waals surface area contributed by atoms with Crippen LogP contribution < -0.4 is 5.90 Å². The number of hydrogen-bond donors (Lipinski definition) is 1. The van der Waals surface area contributed by atoms with Gasteiger partial charge in [0.1, 0.15) is 11.3 Å². The Bertz CT molecular complexity index is 322. The van der Waals surface area contributed by atoms with E-state index in [1.807, 2.05) is 0 Å². The van der Waals surface area contributed by atoms with Crippen LogP contribution in [0.1, 0.15) is 31.5 Å². The molecule has 4 nitrogen and oxygen atoms in total. The van der Waals surface area contributed by atoms with Crippen LogP contribution in [0.15, 0.2) is 6.20 Å². The van der Waals surface area contributed by atoms with Gasteiger partial charge in [0, 0.05) is 18.8 Å². The predicted octanol–water partition coefficient (Wildman–Crippen LogP) is 1.48. The van der Waals surface area contributed by atoms with E-state index in [4.69, 9.17) is 5.90 Å². The SMILES string of the molecule is Cn1cc(C(C)(C)ON)c(C(F)F)n1. The lowest BCUT2D eigenvalue weighted by molar-refractivity contribution is -0.0263. The van der Waals surface area contributed by atoms with Crippen LogP contribution in [0, 0.1) is 0 Å². The fourth-order valence-electron chi connectivity index (χ4n) is 1.19. The number of rotatable bonds is 3. The van der Waals surface area contributed by atoms with Gasteiger partial charge in [-0.3, -0.25) is 9.52 Å². The molecule has 0 aliphatic rings. The highest BCUT2D eigenvalue weighted by Gasteiger charge is 2.30. The molecule has 0 aromatic carbocycles. The molecule has 1 rings (SSSR count). The van der Waals surface area contributed by atoms with E-state index in [0.717, 1.165) is 0 Å². The Morgan fingerprint density at radius 1 is 1.57 bits per heavy atom. The maximum absolute atomic E-state index is 12.5. The third-order valence-corrected chi connectivity index (χ3v) is 2.01. The Labute approximate surface area is 80.6 Å². The van der Waals surface area contributed by atoms with Gasteiger partial charge < -0.3 is 0 Å². The molecule has 0 bridgehead atoms. The summed E-state index contributed by atoms with van der Waals surface area (Å²) in [5.41, 5.74) is -0.944. The molecule has 0 atom stereocenters. The molecule has 0 aliphatic carbocycles. The fraction of sp³-hybridized carbons (Fsp3) is 0.625. The summed E-state index contributed by atoms with van der Waals surface area (Å²) in [7, 11) is 1.57. The van der Waals surface area contributed by atoms with Crippen LogP contribution in [0.5, 0.6) is 0 Å². The minimum atomic E-state index is -2.62. The largest absolute Gasteiger partial charge is 0.294 e. The van der Waals surface area contributed by atoms with Crippen LogP contribution in [0.3, 0.4) is 0 Å². The second-order valence-corrected chi connectivity index (χ2v) is 3.53. The molecule has 6 heteroatoms. The van der Waals surface area contributed by atoms with Crippen molar-refractivity contribution >= 4 is 0 Å². The van der Waals surface area contributed by atoms with Crippen LogP contribution in [0.25, 0.3) is 0 Å². The number of aromatic nitrogens is 2. The molecule has 80 valence electrons. The molecule has 0 saturated carbocycles. The first-order valence-corrected chi connectivity index (χ1v) is 4.08. The Balaban J connectivity index is 3.19. The van der Waals surface area contributed by atoms with Crippen molar-refractivity contribution in [2.45, 2.75) is 25.9 Å². The summed E-state index contributed by atoms with van der Waals surface area (Å²) in [6, 6.07) is 0. The van der Waals surface area contributed by atoms with Crippen LogP contribution in [0.4, 0.5) is 8.78 Å². The number of hydrogen-bond acceptors (Lipinski definition) is 3. The van der Waals surface area contributed by atoms with Crippen LogP contribution in [0.2, 0.25) is 0 Å². The molecule has 0 aliphatic heterocycles. The van der Waals surface area contributed by atoms with Gasteiger partial charge in [-0.05, 0) is 13.8 Å². The highest BCUT2D eigenvalue weighted by molar-refractivity contribution is 5.24. The van der Waals surface area contributed by atoms with Gasteiger partial charge in [-0.1, -0.05) is 0 Å². The maximum Gasteiger partial charge on any atom is 0.282 e. The van der Waals surface area contributed by atoms with E-state index in [1.54, 1.807) is 20.9 Å². The van der Waals surface area contributed by atoms with Crippen LogP contribution in [-0.4, -0.2) is 9.78 Å². The Kier molecular flexibility index (Phi) is 2.86. The second-order valence-electron chi connectivity index (χ2n) is 3.53. The smallest absolute Gasteiger partial charge is 0.282 e. The van der Waals surface area contributed by atoms with Crippen molar-refractivity contribution in [1.29, 1.82) is 0 Å². The lowest BCUT2D eigenvalue weighted by atomic mass is 9.99. The minimum Gasteiger partial charge on any atom is -0.294 e. The first-order chi connectivity index (χ1) is 6.38. The third-order valence-electron chi connectivity index (χ3n) is 2.01. The van der Waals surface area contributed by atoms with Gasteiger partial charge in [-0.25, -0.2) is 14.7 Å². The van der Waals surface area contributed by atoms with Crippen molar-refractivity contribution in [2.24, 2.45) is 12.9 Å². The molecule has 0 fully saturated rings. The molecular weight excluding hydrogens is 192 g/mol. The maximum atomic E-state index is 12.5. The van der Waals surface area contributed by atoms with Gasteiger partial charge in [0.15, 0.2) is 0 Å². The van der Waals surface area contributed by atoms with Crippen molar-refractivity contribution < 1.29 is 13.6 Å². The monoisotopic (exact) mass is 205 g/mol. The quantitative estimate of drug-likeness (QED) is 0.760. The summed E-state index contributed by atoms with van der Waals surface area (Å²) in [5.74, 6) is 5.03. The van der Waals surface area contributed by atoms with Crippen molar-refractivity contribution in [2.75, 3.05) is 0 Å². The zero-order valence-electron chi connectivity index (χ0n) is 8.29. The molecule has 2 N–H and O–H groups in total. The molecule has 0 unspecified atom stereocenters. The molecule has 14 heavy (non-hydrogen) atoms. The molecule has 0 spiro atoms. The van der Waals surface area contributed by atoms with E-state index in [9.17, 15) is 8.78 Å². The minimum absolute atomic E-state index is 0.289. The Hall–Kier alpha value is -1.01. The molecule has 1 aromatic heterocycles. The van der Waals surface area contributed by atoms with E-state index in [2.05, 4.69) is 9.94 Å². The van der Waals surface area contributed by atoms with Crippen molar-refractivity contribution in [1.82, 2.24) is 9.78 Å². The van der Waals surface area contributed by atoms with E-state index in [0.29, 0.717) is 5.56 Å². The summed E-state index contributed by atoms with van der Waals surface area (Å²) in [4.78, 5) is 4.64. The number of halogens is 2. The van der Waals surface area contributed by atoms with Gasteiger partial charge in [-0.15, -0.1) is 0 Å². The molecule has 0 amide bonds. The van der Waals surface area contributed by atoms with Crippen LogP contribution in [-0.2, 0) is 17.5 Å². The topological polar surface area (TPSA) is 53.1 Å². The van der Waals surface area contributed by atoms with Crippen molar-refractivity contribution in [3.8, 4) is 0 Å². The van der Waals surface area contributed by atoms with Gasteiger partial charge in [0.2, 0.25) is 0 Å². The summed E-state index contributed by atoms with van der Waals surface area (Å²) in [5, 5.41) is 3.66. The van der Waals surface area contributed by atoms with E-state index < -0.39 is 12.0 Å². The van der Waals surface area contributed by atoms with E-state index in [-0.39, 0.29) is 5.69 Å². The number of aryl methyl sites for hydroxylation is 1. The highest BCUT2D eigenvalue weighted by atomic mass is 19.3. The molecule has 1 aromatic rings. The molecule has 0 radical (unpaired) electrons. The predicted molar refractivity (Wildman–Crippen MR) is 46.5 cm³/mol. The van der Waals surface area contributed by atoms with E-state index >= 15 is 0 Å². The van der Waals surface area contributed by atoms with Crippen LogP contribution >= 0.6 is 0 Å². The standard InChI is InChI=1S/C8H13F2N3O/c1-8(2,14-11)5-4-13(3)12-6(5)7(9)10/h4,7H,11H2,1-3H3. The first-order valence-electron chi connectivity index (χ1n) is 4.08. The average molecular weight is 205 g/mol. The number of nitrogens with zero attached hydrogens (tertiary/aromatic N) is 2. The van der Waals surface area contributed by atoms with Gasteiger partial charge in [0.25, 0.3) is 6.43 Å². The third kappa shape index (κ3) is 1.91. The van der Waals surface area contributed by atoms with Gasteiger partial charge >= 0.3 is 0 Å². The summed E-state index contributed by atoms with van der Waals surface area (Å²) in [6.45, 7) is 3.21.